The minimum atomic E-state index is 1.17. The van der Waals surface area contributed by atoms with E-state index in [1.165, 1.54) is 50.3 Å². The Morgan fingerprint density at radius 2 is 1.50 bits per heavy atom. The summed E-state index contributed by atoms with van der Waals surface area (Å²) in [7, 11) is 0. The van der Waals surface area contributed by atoms with E-state index in [0.29, 0.717) is 0 Å². The van der Waals surface area contributed by atoms with E-state index in [4.69, 9.17) is 0 Å². The van der Waals surface area contributed by atoms with Crippen molar-refractivity contribution in [3.8, 4) is 0 Å². The zero-order valence-corrected chi connectivity index (χ0v) is 8.62. The van der Waals surface area contributed by atoms with Crippen LogP contribution in [0.15, 0.2) is 0 Å². The van der Waals surface area contributed by atoms with Gasteiger partial charge < -0.3 is 0 Å². The second-order valence-corrected chi connectivity index (χ2v) is 3.60. The summed E-state index contributed by atoms with van der Waals surface area (Å²) in [5.41, 5.74) is 0. The van der Waals surface area contributed by atoms with Gasteiger partial charge in [0.2, 0.25) is 0 Å². The molecule has 0 atom stereocenters. The second-order valence-electron chi connectivity index (χ2n) is 2.81. The Balaban J connectivity index is 0.000000172. The fraction of sp³-hybridized carbons (Fsp3) is 1.00. The number of hydrogen-bond acceptors (Lipinski definition) is 0. The largest absolute Gasteiger partial charge is 0.0928 e. The van der Waals surface area contributed by atoms with Gasteiger partial charge in [0.05, 0.1) is 0 Å². The van der Waals surface area contributed by atoms with E-state index < -0.39 is 0 Å². The molecule has 0 aromatic heterocycles. The zero-order chi connectivity index (χ0) is 7.66. The predicted octanol–water partition coefficient (Wildman–Crippen LogP) is 4.13. The van der Waals surface area contributed by atoms with E-state index in [0.717, 1.165) is 0 Å². The molecule has 1 saturated carbocycles. The molecule has 0 aromatic rings. The van der Waals surface area contributed by atoms with Gasteiger partial charge in [-0.25, -0.2) is 0 Å². The van der Waals surface area contributed by atoms with Crippen molar-refractivity contribution in [1.82, 2.24) is 0 Å². The first-order chi connectivity index (χ1) is 4.91. The quantitative estimate of drug-likeness (QED) is 0.482. The molecule has 1 fully saturated rings. The van der Waals surface area contributed by atoms with Crippen molar-refractivity contribution >= 4 is 15.9 Å². The first-order valence-corrected chi connectivity index (χ1v) is 5.60. The fourth-order valence-electron chi connectivity index (χ4n) is 0.594. The lowest BCUT2D eigenvalue weighted by molar-refractivity contribution is 0.504. The molecular weight excluding hydrogens is 188 g/mol. The first kappa shape index (κ1) is 10.5. The number of unbranched alkanes of at least 4 members (excludes halogenated alkanes) is 2. The maximum atomic E-state index is 3.35. The van der Waals surface area contributed by atoms with Gasteiger partial charge in [-0.15, -0.1) is 0 Å². The Morgan fingerprint density at radius 3 is 1.60 bits per heavy atom. The molecule has 0 radical (unpaired) electrons. The van der Waals surface area contributed by atoms with E-state index in [1.807, 2.05) is 0 Å². The minimum absolute atomic E-state index is 1.17. The maximum absolute atomic E-state index is 3.35. The van der Waals surface area contributed by atoms with Gasteiger partial charge in [0, 0.05) is 5.33 Å². The van der Waals surface area contributed by atoms with Gasteiger partial charge >= 0.3 is 0 Å². The number of alkyl halides is 1. The number of halogens is 1. The standard InChI is InChI=1S/C5H11Br.C4H8/c1-2-3-4-5-6;1-2-4-3-1/h2-5H2,1H3;1-4H2. The third-order valence-corrected chi connectivity index (χ3v) is 2.30. The maximum Gasteiger partial charge on any atom is 0.00313 e. The highest BCUT2D eigenvalue weighted by Gasteiger charge is 1.95. The van der Waals surface area contributed by atoms with Crippen LogP contribution in [0.5, 0.6) is 0 Å². The Kier molecular flexibility index (Phi) is 9.94. The Bertz CT molecular complexity index is 40.7. The molecule has 0 amide bonds. The van der Waals surface area contributed by atoms with Crippen molar-refractivity contribution in [1.29, 1.82) is 0 Å². The molecule has 1 aliphatic rings. The summed E-state index contributed by atoms with van der Waals surface area (Å²) in [6.07, 6.45) is 10.0. The molecular formula is C9H19Br. The lowest BCUT2D eigenvalue weighted by Crippen LogP contribution is -1.85. The molecule has 0 aliphatic heterocycles. The third-order valence-electron chi connectivity index (χ3n) is 1.74. The normalized spacial score (nSPS) is 15.0. The van der Waals surface area contributed by atoms with Crippen molar-refractivity contribution in [2.75, 3.05) is 5.33 Å². The van der Waals surface area contributed by atoms with Gasteiger partial charge in [0.1, 0.15) is 0 Å². The molecule has 0 heterocycles. The molecule has 0 unspecified atom stereocenters. The number of rotatable bonds is 3. The Hall–Kier alpha value is 0.480. The van der Waals surface area contributed by atoms with Gasteiger partial charge in [-0.05, 0) is 6.42 Å². The Morgan fingerprint density at radius 1 is 1.00 bits per heavy atom. The highest BCUT2D eigenvalue weighted by atomic mass is 79.9. The lowest BCUT2D eigenvalue weighted by Gasteiger charge is -2.05. The van der Waals surface area contributed by atoms with Crippen molar-refractivity contribution in [3.05, 3.63) is 0 Å². The van der Waals surface area contributed by atoms with E-state index in [1.54, 1.807) is 0 Å². The minimum Gasteiger partial charge on any atom is -0.0928 e. The lowest BCUT2D eigenvalue weighted by atomic mass is 10.0. The van der Waals surface area contributed by atoms with Gasteiger partial charge in [-0.3, -0.25) is 0 Å². The van der Waals surface area contributed by atoms with Gasteiger partial charge in [0.15, 0.2) is 0 Å². The summed E-state index contributed by atoms with van der Waals surface area (Å²) >= 11 is 3.35. The van der Waals surface area contributed by atoms with Crippen LogP contribution in [0.25, 0.3) is 0 Å². The molecule has 10 heavy (non-hydrogen) atoms. The van der Waals surface area contributed by atoms with E-state index in [2.05, 4.69) is 22.9 Å². The average molecular weight is 207 g/mol. The van der Waals surface area contributed by atoms with Gasteiger partial charge in [0.25, 0.3) is 0 Å². The van der Waals surface area contributed by atoms with Crippen LogP contribution in [0, 0.1) is 0 Å². The van der Waals surface area contributed by atoms with Crippen LogP contribution in [0.3, 0.4) is 0 Å². The first-order valence-electron chi connectivity index (χ1n) is 4.47. The molecule has 1 rings (SSSR count). The second kappa shape index (κ2) is 9.48. The smallest absolute Gasteiger partial charge is 0.00313 e. The highest BCUT2D eigenvalue weighted by Crippen LogP contribution is 2.15. The van der Waals surface area contributed by atoms with Crippen molar-refractivity contribution in [2.24, 2.45) is 0 Å². The van der Waals surface area contributed by atoms with Crippen molar-refractivity contribution < 1.29 is 0 Å². The van der Waals surface area contributed by atoms with Gasteiger partial charge in [-0.2, -0.15) is 0 Å². The molecule has 62 valence electrons. The third kappa shape index (κ3) is 8.48. The average Bonchev–Trinajstić information content (AvgIpc) is 1.79. The molecule has 0 aromatic carbocycles. The molecule has 0 nitrogen and oxygen atoms in total. The fourth-order valence-corrected chi connectivity index (χ4v) is 0.991. The van der Waals surface area contributed by atoms with Crippen LogP contribution in [0.4, 0.5) is 0 Å². The van der Waals surface area contributed by atoms with E-state index in [9.17, 15) is 0 Å². The summed E-state index contributed by atoms with van der Waals surface area (Å²) in [5.74, 6) is 0. The van der Waals surface area contributed by atoms with Crippen LogP contribution in [0.2, 0.25) is 0 Å². The summed E-state index contributed by atoms with van der Waals surface area (Å²) < 4.78 is 0. The monoisotopic (exact) mass is 206 g/mol. The van der Waals surface area contributed by atoms with Crippen LogP contribution >= 0.6 is 15.9 Å². The van der Waals surface area contributed by atoms with Crippen LogP contribution in [-0.4, -0.2) is 5.33 Å². The summed E-state index contributed by atoms with van der Waals surface area (Å²) in [6, 6.07) is 0. The van der Waals surface area contributed by atoms with Crippen molar-refractivity contribution in [3.63, 3.8) is 0 Å². The van der Waals surface area contributed by atoms with Crippen LogP contribution in [-0.2, 0) is 0 Å². The highest BCUT2D eigenvalue weighted by molar-refractivity contribution is 9.09. The molecule has 0 bridgehead atoms. The zero-order valence-electron chi connectivity index (χ0n) is 7.03. The molecule has 1 heteroatoms. The number of hydrogen-bond donors (Lipinski definition) is 0. The van der Waals surface area contributed by atoms with E-state index in [-0.39, 0.29) is 0 Å². The Labute approximate surface area is 73.5 Å². The molecule has 1 aliphatic carbocycles. The van der Waals surface area contributed by atoms with Crippen LogP contribution in [0.1, 0.15) is 51.9 Å². The molecule has 0 spiro atoms. The summed E-state index contributed by atoms with van der Waals surface area (Å²) in [5, 5.41) is 1.17. The molecule has 0 N–H and O–H groups in total. The summed E-state index contributed by atoms with van der Waals surface area (Å²) in [6.45, 7) is 2.21. The van der Waals surface area contributed by atoms with Crippen molar-refractivity contribution in [2.45, 2.75) is 51.9 Å². The predicted molar refractivity (Wildman–Crippen MR) is 51.8 cm³/mol. The summed E-state index contributed by atoms with van der Waals surface area (Å²) in [4.78, 5) is 0. The van der Waals surface area contributed by atoms with Crippen LogP contribution < -0.4 is 0 Å². The van der Waals surface area contributed by atoms with Gasteiger partial charge in [-0.1, -0.05) is 61.4 Å². The topological polar surface area (TPSA) is 0 Å². The molecule has 0 saturated heterocycles. The SMILES string of the molecule is C1CCC1.CCCCCBr. The van der Waals surface area contributed by atoms with E-state index >= 15 is 0 Å².